The number of carboxylic acids is 1. The van der Waals surface area contributed by atoms with Gasteiger partial charge in [0.2, 0.25) is 5.91 Å². The normalized spacial score (nSPS) is 25.9. The van der Waals surface area contributed by atoms with Gasteiger partial charge < -0.3 is 20.2 Å². The fourth-order valence-electron chi connectivity index (χ4n) is 2.88. The number of carbonyl (C=O) groups is 3. The van der Waals surface area contributed by atoms with Gasteiger partial charge in [0.25, 0.3) is 0 Å². The summed E-state index contributed by atoms with van der Waals surface area (Å²) in [7, 11) is 0. The second-order valence-electron chi connectivity index (χ2n) is 5.49. The van der Waals surface area contributed by atoms with Crippen LogP contribution in [0.2, 0.25) is 0 Å². The highest BCUT2D eigenvalue weighted by molar-refractivity contribution is 5.87. The first kappa shape index (κ1) is 14.6. The predicted molar refractivity (Wildman–Crippen MR) is 71.1 cm³/mol. The number of amides is 3. The molecule has 0 spiro atoms. The summed E-state index contributed by atoms with van der Waals surface area (Å²) in [4.78, 5) is 38.0. The maximum atomic E-state index is 12.0. The number of nitrogens with one attached hydrogen (secondary N) is 1. The largest absolute Gasteiger partial charge is 0.480 e. The average molecular weight is 283 g/mol. The monoisotopic (exact) mass is 283 g/mol. The molecule has 2 saturated heterocycles. The van der Waals surface area contributed by atoms with Crippen molar-refractivity contribution < 1.29 is 19.5 Å². The van der Waals surface area contributed by atoms with Crippen molar-refractivity contribution in [2.75, 3.05) is 26.2 Å². The maximum absolute atomic E-state index is 12.0. The van der Waals surface area contributed by atoms with Crippen LogP contribution in [0.25, 0.3) is 0 Å². The zero-order chi connectivity index (χ0) is 14.7. The summed E-state index contributed by atoms with van der Waals surface area (Å²) in [5.41, 5.74) is 0. The number of carboxylic acid groups (broad SMARTS) is 1. The minimum absolute atomic E-state index is 0.0595. The first-order valence-corrected chi connectivity index (χ1v) is 7.05. The number of hydrogen-bond donors (Lipinski definition) is 2. The van der Waals surface area contributed by atoms with E-state index in [2.05, 4.69) is 5.32 Å². The molecule has 2 aliphatic rings. The zero-order valence-electron chi connectivity index (χ0n) is 11.7. The first-order chi connectivity index (χ1) is 9.50. The van der Waals surface area contributed by atoms with E-state index in [-0.39, 0.29) is 18.4 Å². The molecule has 2 heterocycles. The number of aliphatic carboxylic acids is 1. The molecule has 2 atom stereocenters. The van der Waals surface area contributed by atoms with Crippen LogP contribution in [0.5, 0.6) is 0 Å². The molecule has 7 heteroatoms. The Morgan fingerprint density at radius 2 is 1.85 bits per heavy atom. The van der Waals surface area contributed by atoms with E-state index in [1.165, 1.54) is 4.90 Å². The summed E-state index contributed by atoms with van der Waals surface area (Å²) in [6.07, 6.45) is 2.68. The van der Waals surface area contributed by atoms with Gasteiger partial charge in [0, 0.05) is 19.6 Å². The van der Waals surface area contributed by atoms with Crippen molar-refractivity contribution in [1.82, 2.24) is 15.1 Å². The quantitative estimate of drug-likeness (QED) is 0.769. The summed E-state index contributed by atoms with van der Waals surface area (Å²) in [6, 6.07) is -1.26. The van der Waals surface area contributed by atoms with Crippen LogP contribution in [0.4, 0.5) is 4.79 Å². The van der Waals surface area contributed by atoms with Gasteiger partial charge in [0.15, 0.2) is 0 Å². The van der Waals surface area contributed by atoms with Crippen molar-refractivity contribution in [3.8, 4) is 0 Å². The maximum Gasteiger partial charge on any atom is 0.326 e. The van der Waals surface area contributed by atoms with E-state index in [1.807, 2.05) is 6.92 Å². The molecule has 0 saturated carbocycles. The molecule has 7 nitrogen and oxygen atoms in total. The van der Waals surface area contributed by atoms with Gasteiger partial charge in [0.05, 0.1) is 6.54 Å². The van der Waals surface area contributed by atoms with Crippen molar-refractivity contribution >= 4 is 17.9 Å². The van der Waals surface area contributed by atoms with Crippen molar-refractivity contribution in [2.24, 2.45) is 5.92 Å². The van der Waals surface area contributed by atoms with Gasteiger partial charge >= 0.3 is 12.0 Å². The molecule has 3 amide bonds. The van der Waals surface area contributed by atoms with Gasteiger partial charge in [-0.25, -0.2) is 9.59 Å². The van der Waals surface area contributed by atoms with E-state index in [1.54, 1.807) is 4.90 Å². The molecule has 2 unspecified atom stereocenters. The summed E-state index contributed by atoms with van der Waals surface area (Å²) >= 11 is 0. The average Bonchev–Trinajstić information content (AvgIpc) is 3.04. The van der Waals surface area contributed by atoms with Crippen LogP contribution >= 0.6 is 0 Å². The van der Waals surface area contributed by atoms with Gasteiger partial charge in [-0.15, -0.1) is 0 Å². The third kappa shape index (κ3) is 3.02. The zero-order valence-corrected chi connectivity index (χ0v) is 11.7. The lowest BCUT2D eigenvalue weighted by Crippen LogP contribution is -2.49. The summed E-state index contributed by atoms with van der Waals surface area (Å²) in [5, 5.41) is 11.7. The Balaban J connectivity index is 1.85. The van der Waals surface area contributed by atoms with Crippen molar-refractivity contribution in [3.63, 3.8) is 0 Å². The molecule has 0 aromatic heterocycles. The molecule has 20 heavy (non-hydrogen) atoms. The molecular weight excluding hydrogens is 262 g/mol. The van der Waals surface area contributed by atoms with Gasteiger partial charge in [0.1, 0.15) is 6.04 Å². The third-order valence-corrected chi connectivity index (χ3v) is 4.06. The second kappa shape index (κ2) is 6.11. The predicted octanol–water partition coefficient (Wildman–Crippen LogP) is 0.113. The molecule has 2 rings (SSSR count). The summed E-state index contributed by atoms with van der Waals surface area (Å²) in [6.45, 7) is 3.67. The molecule has 0 radical (unpaired) electrons. The second-order valence-corrected chi connectivity index (χ2v) is 5.49. The molecule has 0 aromatic carbocycles. The molecule has 2 N–H and O–H groups in total. The van der Waals surface area contributed by atoms with Crippen molar-refractivity contribution in [3.05, 3.63) is 0 Å². The lowest BCUT2D eigenvalue weighted by molar-refractivity contribution is -0.142. The fourth-order valence-corrected chi connectivity index (χ4v) is 2.88. The third-order valence-electron chi connectivity index (χ3n) is 4.06. The number of hydrogen-bond acceptors (Lipinski definition) is 3. The minimum atomic E-state index is -0.990. The molecule has 0 aromatic rings. The van der Waals surface area contributed by atoms with E-state index >= 15 is 0 Å². The summed E-state index contributed by atoms with van der Waals surface area (Å²) < 4.78 is 0. The molecule has 2 fully saturated rings. The van der Waals surface area contributed by atoms with Crippen LogP contribution in [0.15, 0.2) is 0 Å². The fraction of sp³-hybridized carbons (Fsp3) is 0.769. The number of nitrogens with zero attached hydrogens (tertiary/aromatic N) is 2. The SMILES string of the molecule is CC1CCN(C(=O)NCC(=O)N2CCCC2)C1C(=O)O. The smallest absolute Gasteiger partial charge is 0.326 e. The number of urea groups is 1. The Hall–Kier alpha value is -1.79. The van der Waals surface area contributed by atoms with E-state index < -0.39 is 18.0 Å². The number of rotatable bonds is 3. The Labute approximate surface area is 117 Å². The Morgan fingerprint density at radius 3 is 2.45 bits per heavy atom. The lowest BCUT2D eigenvalue weighted by Gasteiger charge is -2.24. The molecular formula is C13H21N3O4. The van der Waals surface area contributed by atoms with Crippen LogP contribution < -0.4 is 5.32 Å². The Bertz CT molecular complexity index is 406. The van der Waals surface area contributed by atoms with Gasteiger partial charge in [-0.05, 0) is 25.2 Å². The highest BCUT2D eigenvalue weighted by Crippen LogP contribution is 2.23. The van der Waals surface area contributed by atoms with Gasteiger partial charge in [-0.3, -0.25) is 4.79 Å². The van der Waals surface area contributed by atoms with E-state index in [0.717, 1.165) is 25.9 Å². The Morgan fingerprint density at radius 1 is 1.20 bits per heavy atom. The first-order valence-electron chi connectivity index (χ1n) is 7.05. The molecule has 112 valence electrons. The van der Waals surface area contributed by atoms with Crippen LogP contribution in [-0.2, 0) is 9.59 Å². The van der Waals surface area contributed by atoms with Crippen LogP contribution in [-0.4, -0.2) is 65.0 Å². The van der Waals surface area contributed by atoms with Crippen LogP contribution in [0.3, 0.4) is 0 Å². The van der Waals surface area contributed by atoms with Crippen molar-refractivity contribution in [2.45, 2.75) is 32.2 Å². The van der Waals surface area contributed by atoms with Gasteiger partial charge in [-0.2, -0.15) is 0 Å². The molecule has 0 bridgehead atoms. The van der Waals surface area contributed by atoms with E-state index in [0.29, 0.717) is 13.0 Å². The van der Waals surface area contributed by atoms with Gasteiger partial charge in [-0.1, -0.05) is 6.92 Å². The topological polar surface area (TPSA) is 90.0 Å². The van der Waals surface area contributed by atoms with E-state index in [4.69, 9.17) is 5.11 Å². The standard InChI is InChI=1S/C13H21N3O4/c1-9-4-7-16(11(9)12(18)19)13(20)14-8-10(17)15-5-2-3-6-15/h9,11H,2-8H2,1H3,(H,14,20)(H,18,19). The molecule has 0 aliphatic carbocycles. The van der Waals surface area contributed by atoms with Crippen LogP contribution in [0, 0.1) is 5.92 Å². The highest BCUT2D eigenvalue weighted by Gasteiger charge is 2.39. The van der Waals surface area contributed by atoms with E-state index in [9.17, 15) is 14.4 Å². The lowest BCUT2D eigenvalue weighted by atomic mass is 10.0. The summed E-state index contributed by atoms with van der Waals surface area (Å²) in [5.74, 6) is -1.15. The highest BCUT2D eigenvalue weighted by atomic mass is 16.4. The minimum Gasteiger partial charge on any atom is -0.480 e. The Kier molecular flexibility index (Phi) is 4.46. The number of likely N-dealkylation sites (tertiary alicyclic amines) is 2. The number of carbonyl (C=O) groups excluding carboxylic acids is 2. The van der Waals surface area contributed by atoms with Crippen molar-refractivity contribution in [1.29, 1.82) is 0 Å². The van der Waals surface area contributed by atoms with Crippen LogP contribution in [0.1, 0.15) is 26.2 Å². The molecule has 2 aliphatic heterocycles.